The van der Waals surface area contributed by atoms with Gasteiger partial charge < -0.3 is 4.74 Å². The standard InChI is InChI=1S/C16H22N2O4S/c1-3-23(20,21)17-9-7-14(8-10-17)18-15-12(2)5-4-6-13(15)11-22-16(18)19/h4-6,14H,3,7-11H2,1-2H3. The van der Waals surface area contributed by atoms with E-state index in [9.17, 15) is 13.2 Å². The first-order valence-electron chi connectivity index (χ1n) is 7.96. The zero-order valence-electron chi connectivity index (χ0n) is 13.5. The van der Waals surface area contributed by atoms with Crippen LogP contribution in [0.1, 0.15) is 30.9 Å². The Labute approximate surface area is 137 Å². The van der Waals surface area contributed by atoms with Crippen LogP contribution in [0, 0.1) is 6.92 Å². The fourth-order valence-corrected chi connectivity index (χ4v) is 4.51. The number of para-hydroxylation sites is 1. The number of hydrogen-bond acceptors (Lipinski definition) is 4. The number of hydrogen-bond donors (Lipinski definition) is 0. The SMILES string of the molecule is CCS(=O)(=O)N1CCC(N2C(=O)OCc3cccc(C)c32)CC1. The third kappa shape index (κ3) is 2.95. The summed E-state index contributed by atoms with van der Waals surface area (Å²) in [6.45, 7) is 4.84. The molecule has 0 radical (unpaired) electrons. The Balaban J connectivity index is 1.83. The molecule has 0 unspecified atom stereocenters. The molecule has 1 saturated heterocycles. The Kier molecular flexibility index (Phi) is 4.33. The molecule has 6 nitrogen and oxygen atoms in total. The van der Waals surface area contributed by atoms with Crippen molar-refractivity contribution in [2.24, 2.45) is 0 Å². The number of cyclic esters (lactones) is 1. The molecule has 0 saturated carbocycles. The van der Waals surface area contributed by atoms with Crippen LogP contribution in [0.25, 0.3) is 0 Å². The minimum Gasteiger partial charge on any atom is -0.444 e. The number of nitrogens with zero attached hydrogens (tertiary/aromatic N) is 2. The van der Waals surface area contributed by atoms with Crippen LogP contribution < -0.4 is 4.90 Å². The number of piperidine rings is 1. The first kappa shape index (κ1) is 16.3. The van der Waals surface area contributed by atoms with Crippen LogP contribution in [0.4, 0.5) is 10.5 Å². The number of ether oxygens (including phenoxy) is 1. The van der Waals surface area contributed by atoms with Gasteiger partial charge >= 0.3 is 6.09 Å². The number of sulfonamides is 1. The number of fused-ring (bicyclic) bond motifs is 1. The largest absolute Gasteiger partial charge is 0.444 e. The highest BCUT2D eigenvalue weighted by Crippen LogP contribution is 2.34. The zero-order valence-corrected chi connectivity index (χ0v) is 14.3. The normalized spacial score (nSPS) is 20.3. The van der Waals surface area contributed by atoms with Gasteiger partial charge in [0.25, 0.3) is 0 Å². The Morgan fingerprint density at radius 2 is 1.96 bits per heavy atom. The molecule has 23 heavy (non-hydrogen) atoms. The van der Waals surface area contributed by atoms with Crippen LogP contribution in [-0.4, -0.2) is 43.7 Å². The lowest BCUT2D eigenvalue weighted by Gasteiger charge is -2.40. The van der Waals surface area contributed by atoms with E-state index in [0.717, 1.165) is 16.8 Å². The number of anilines is 1. The summed E-state index contributed by atoms with van der Waals surface area (Å²) in [5.74, 6) is 0.116. The van der Waals surface area contributed by atoms with E-state index in [1.807, 2.05) is 25.1 Å². The van der Waals surface area contributed by atoms with Crippen molar-refractivity contribution < 1.29 is 17.9 Å². The number of carbonyl (C=O) groups excluding carboxylic acids is 1. The fourth-order valence-electron chi connectivity index (χ4n) is 3.37. The monoisotopic (exact) mass is 338 g/mol. The zero-order chi connectivity index (χ0) is 16.6. The molecule has 0 N–H and O–H groups in total. The van der Waals surface area contributed by atoms with E-state index >= 15 is 0 Å². The lowest BCUT2D eigenvalue weighted by atomic mass is 10.00. The van der Waals surface area contributed by atoms with E-state index in [2.05, 4.69) is 0 Å². The Morgan fingerprint density at radius 3 is 2.61 bits per heavy atom. The predicted octanol–water partition coefficient (Wildman–Crippen LogP) is 2.27. The van der Waals surface area contributed by atoms with Gasteiger partial charge in [-0.15, -0.1) is 0 Å². The van der Waals surface area contributed by atoms with Crippen LogP contribution in [0.15, 0.2) is 18.2 Å². The second-order valence-electron chi connectivity index (χ2n) is 6.04. The highest BCUT2D eigenvalue weighted by molar-refractivity contribution is 7.89. The van der Waals surface area contributed by atoms with E-state index < -0.39 is 10.0 Å². The molecule has 7 heteroatoms. The molecule has 0 aromatic heterocycles. The minimum absolute atomic E-state index is 0.0223. The summed E-state index contributed by atoms with van der Waals surface area (Å²) >= 11 is 0. The molecule has 1 amide bonds. The molecule has 1 aromatic carbocycles. The smallest absolute Gasteiger partial charge is 0.414 e. The van der Waals surface area contributed by atoms with Gasteiger partial charge in [0.2, 0.25) is 10.0 Å². The van der Waals surface area contributed by atoms with Crippen molar-refractivity contribution in [3.05, 3.63) is 29.3 Å². The second kappa shape index (κ2) is 6.13. The highest BCUT2D eigenvalue weighted by Gasteiger charge is 2.36. The maximum atomic E-state index is 12.3. The van der Waals surface area contributed by atoms with Gasteiger partial charge in [-0.25, -0.2) is 17.5 Å². The third-order valence-electron chi connectivity index (χ3n) is 4.66. The van der Waals surface area contributed by atoms with Crippen LogP contribution in [0.5, 0.6) is 0 Å². The van der Waals surface area contributed by atoms with Crippen molar-refractivity contribution in [3.8, 4) is 0 Å². The van der Waals surface area contributed by atoms with Gasteiger partial charge in [0.05, 0.1) is 11.4 Å². The van der Waals surface area contributed by atoms with Crippen molar-refractivity contribution in [2.75, 3.05) is 23.7 Å². The summed E-state index contributed by atoms with van der Waals surface area (Å²) in [7, 11) is -3.16. The average Bonchev–Trinajstić information content (AvgIpc) is 2.55. The average molecular weight is 338 g/mol. The van der Waals surface area contributed by atoms with Gasteiger partial charge in [-0.2, -0.15) is 0 Å². The van der Waals surface area contributed by atoms with Crippen molar-refractivity contribution in [1.29, 1.82) is 0 Å². The highest BCUT2D eigenvalue weighted by atomic mass is 32.2. The summed E-state index contributed by atoms with van der Waals surface area (Å²) in [5, 5.41) is 0. The quantitative estimate of drug-likeness (QED) is 0.848. The Hall–Kier alpha value is -1.60. The van der Waals surface area contributed by atoms with Gasteiger partial charge in [0, 0.05) is 24.7 Å². The van der Waals surface area contributed by atoms with Gasteiger partial charge in [0.1, 0.15) is 6.61 Å². The number of amides is 1. The molecule has 0 bridgehead atoms. The van der Waals surface area contributed by atoms with Crippen LogP contribution in [-0.2, 0) is 21.4 Å². The summed E-state index contributed by atoms with van der Waals surface area (Å²) in [6, 6.07) is 5.90. The van der Waals surface area contributed by atoms with Crippen molar-refractivity contribution in [3.63, 3.8) is 0 Å². The molecule has 0 aliphatic carbocycles. The van der Waals surface area contributed by atoms with E-state index in [0.29, 0.717) is 32.5 Å². The van der Waals surface area contributed by atoms with Gasteiger partial charge in [-0.1, -0.05) is 18.2 Å². The van der Waals surface area contributed by atoms with Crippen LogP contribution in [0.2, 0.25) is 0 Å². The molecule has 2 aliphatic heterocycles. The van der Waals surface area contributed by atoms with E-state index in [-0.39, 0.29) is 17.9 Å². The molecule has 0 atom stereocenters. The third-order valence-corrected chi connectivity index (χ3v) is 6.54. The topological polar surface area (TPSA) is 66.9 Å². The maximum absolute atomic E-state index is 12.3. The predicted molar refractivity (Wildman–Crippen MR) is 87.9 cm³/mol. The first-order chi connectivity index (χ1) is 10.9. The van der Waals surface area contributed by atoms with Gasteiger partial charge in [0.15, 0.2) is 0 Å². The molecule has 2 aliphatic rings. The fraction of sp³-hybridized carbons (Fsp3) is 0.562. The molecule has 126 valence electrons. The van der Waals surface area contributed by atoms with Gasteiger partial charge in [-0.3, -0.25) is 4.90 Å². The summed E-state index contributed by atoms with van der Waals surface area (Å²) in [5.41, 5.74) is 2.98. The van der Waals surface area contributed by atoms with E-state index in [4.69, 9.17) is 4.74 Å². The van der Waals surface area contributed by atoms with Crippen molar-refractivity contribution in [1.82, 2.24) is 4.31 Å². The lowest BCUT2D eigenvalue weighted by molar-refractivity contribution is 0.135. The summed E-state index contributed by atoms with van der Waals surface area (Å²) in [4.78, 5) is 14.0. The van der Waals surface area contributed by atoms with E-state index in [1.54, 1.807) is 11.8 Å². The number of aryl methyl sites for hydroxylation is 1. The molecule has 2 heterocycles. The van der Waals surface area contributed by atoms with Crippen molar-refractivity contribution >= 4 is 21.8 Å². The number of carbonyl (C=O) groups is 1. The first-order valence-corrected chi connectivity index (χ1v) is 9.57. The Morgan fingerprint density at radius 1 is 1.26 bits per heavy atom. The minimum atomic E-state index is -3.16. The maximum Gasteiger partial charge on any atom is 0.414 e. The Bertz CT molecular complexity index is 709. The number of rotatable bonds is 3. The van der Waals surface area contributed by atoms with Crippen LogP contribution >= 0.6 is 0 Å². The molecule has 3 rings (SSSR count). The van der Waals surface area contributed by atoms with Crippen LogP contribution in [0.3, 0.4) is 0 Å². The molecule has 0 spiro atoms. The number of benzene rings is 1. The summed E-state index contributed by atoms with van der Waals surface area (Å²) < 4.78 is 30.8. The lowest BCUT2D eigenvalue weighted by Crippen LogP contribution is -2.51. The molecular weight excluding hydrogens is 316 g/mol. The molecule has 1 fully saturated rings. The second-order valence-corrected chi connectivity index (χ2v) is 8.30. The van der Waals surface area contributed by atoms with Gasteiger partial charge in [-0.05, 0) is 32.3 Å². The molecule has 1 aromatic rings. The summed E-state index contributed by atoms with van der Waals surface area (Å²) in [6.07, 6.45) is 0.924. The molecular formula is C16H22N2O4S. The van der Waals surface area contributed by atoms with Crippen molar-refractivity contribution in [2.45, 2.75) is 39.3 Å². The van der Waals surface area contributed by atoms with E-state index in [1.165, 1.54) is 4.31 Å².